The van der Waals surface area contributed by atoms with Crippen molar-refractivity contribution in [3.8, 4) is 0 Å². The molecule has 106 valence electrons. The Labute approximate surface area is 119 Å². The first-order chi connectivity index (χ1) is 9.20. The average molecular weight is 286 g/mol. The lowest BCUT2D eigenvalue weighted by Crippen LogP contribution is -2.29. The van der Waals surface area contributed by atoms with Crippen LogP contribution in [0.1, 0.15) is 31.2 Å². The second kappa shape index (κ2) is 7.22. The maximum Gasteiger partial charge on any atom is 0.123 e. The molecule has 1 aromatic rings. The first kappa shape index (κ1) is 14.8. The van der Waals surface area contributed by atoms with Gasteiger partial charge in [0.2, 0.25) is 0 Å². The zero-order chi connectivity index (χ0) is 13.7. The second-order valence-electron chi connectivity index (χ2n) is 5.29. The van der Waals surface area contributed by atoms with Gasteiger partial charge in [0.15, 0.2) is 0 Å². The van der Waals surface area contributed by atoms with Gasteiger partial charge in [-0.05, 0) is 55.0 Å². The van der Waals surface area contributed by atoms with E-state index >= 15 is 0 Å². The molecule has 2 rings (SSSR count). The molecule has 4 heteroatoms. The molecule has 2 unspecified atom stereocenters. The first-order valence-corrected chi connectivity index (χ1v) is 7.30. The van der Waals surface area contributed by atoms with Gasteiger partial charge in [-0.2, -0.15) is 0 Å². The Morgan fingerprint density at radius 2 is 2.00 bits per heavy atom. The monoisotopic (exact) mass is 285 g/mol. The quantitative estimate of drug-likeness (QED) is 0.894. The fourth-order valence-electron chi connectivity index (χ4n) is 2.79. The van der Waals surface area contributed by atoms with E-state index in [1.807, 2.05) is 0 Å². The third-order valence-electron chi connectivity index (χ3n) is 3.97. The number of rotatable bonds is 5. The summed E-state index contributed by atoms with van der Waals surface area (Å²) >= 11 is 6.01. The lowest BCUT2D eigenvalue weighted by Gasteiger charge is -2.30. The van der Waals surface area contributed by atoms with E-state index in [1.165, 1.54) is 37.8 Å². The van der Waals surface area contributed by atoms with Gasteiger partial charge in [-0.1, -0.05) is 24.4 Å². The molecule has 0 spiro atoms. The van der Waals surface area contributed by atoms with Crippen molar-refractivity contribution < 1.29 is 9.13 Å². The number of halogens is 2. The predicted octanol–water partition coefficient (Wildman–Crippen LogP) is 3.76. The maximum atomic E-state index is 13.1. The third kappa shape index (κ3) is 4.16. The Bertz CT molecular complexity index is 413. The molecular formula is C15H21ClFNO. The summed E-state index contributed by atoms with van der Waals surface area (Å²) in [6.07, 6.45) is 4.91. The van der Waals surface area contributed by atoms with Gasteiger partial charge in [-0.3, -0.25) is 0 Å². The highest BCUT2D eigenvalue weighted by atomic mass is 35.5. The Balaban J connectivity index is 1.83. The summed E-state index contributed by atoms with van der Waals surface area (Å²) in [6, 6.07) is 4.36. The van der Waals surface area contributed by atoms with Crippen LogP contribution in [-0.4, -0.2) is 13.2 Å². The largest absolute Gasteiger partial charge is 0.376 e. The summed E-state index contributed by atoms with van der Waals surface area (Å²) in [5.41, 5.74) is 6.50. The molecule has 1 fully saturated rings. The summed E-state index contributed by atoms with van der Waals surface area (Å²) in [5, 5.41) is 0.556. The van der Waals surface area contributed by atoms with Gasteiger partial charge in [-0.25, -0.2) is 4.39 Å². The molecule has 2 nitrogen and oxygen atoms in total. The molecule has 1 aliphatic rings. The minimum Gasteiger partial charge on any atom is -0.376 e. The molecule has 0 bridgehead atoms. The predicted molar refractivity (Wildman–Crippen MR) is 75.6 cm³/mol. The summed E-state index contributed by atoms with van der Waals surface area (Å²) in [5.74, 6) is 0.823. The van der Waals surface area contributed by atoms with Gasteiger partial charge in [-0.15, -0.1) is 0 Å². The molecule has 0 radical (unpaired) electrons. The summed E-state index contributed by atoms with van der Waals surface area (Å²) in [6.45, 7) is 1.79. The minimum absolute atomic E-state index is 0.277. The fraction of sp³-hybridized carbons (Fsp3) is 0.600. The molecule has 1 aromatic carbocycles. The minimum atomic E-state index is -0.277. The van der Waals surface area contributed by atoms with E-state index in [-0.39, 0.29) is 5.82 Å². The van der Waals surface area contributed by atoms with Crippen LogP contribution in [0.2, 0.25) is 5.02 Å². The molecule has 0 aliphatic heterocycles. The number of hydrogen-bond acceptors (Lipinski definition) is 2. The zero-order valence-corrected chi connectivity index (χ0v) is 11.8. The Kier molecular flexibility index (Phi) is 5.61. The third-order valence-corrected chi connectivity index (χ3v) is 4.34. The van der Waals surface area contributed by atoms with Crippen molar-refractivity contribution in [1.82, 2.24) is 0 Å². The van der Waals surface area contributed by atoms with Crippen LogP contribution in [0, 0.1) is 17.7 Å². The lowest BCUT2D eigenvalue weighted by atomic mass is 9.80. The normalized spacial score (nSPS) is 23.5. The standard InChI is InChI=1S/C15H21ClFNO/c16-15-6-5-14(17)7-13(15)10-19-9-12-4-2-1-3-11(12)8-18/h5-7,11-12H,1-4,8-10,18H2. The molecule has 1 aliphatic carbocycles. The molecular weight excluding hydrogens is 265 g/mol. The van der Waals surface area contributed by atoms with Crippen LogP contribution in [0.4, 0.5) is 4.39 Å². The van der Waals surface area contributed by atoms with E-state index in [9.17, 15) is 4.39 Å². The maximum absolute atomic E-state index is 13.1. The van der Waals surface area contributed by atoms with Crippen molar-refractivity contribution in [2.45, 2.75) is 32.3 Å². The Morgan fingerprint density at radius 3 is 2.74 bits per heavy atom. The molecule has 0 saturated heterocycles. The van der Waals surface area contributed by atoms with Crippen molar-refractivity contribution in [3.05, 3.63) is 34.6 Å². The van der Waals surface area contributed by atoms with Crippen molar-refractivity contribution in [2.75, 3.05) is 13.2 Å². The van der Waals surface area contributed by atoms with Crippen LogP contribution in [0.25, 0.3) is 0 Å². The zero-order valence-electron chi connectivity index (χ0n) is 11.1. The van der Waals surface area contributed by atoms with Crippen molar-refractivity contribution in [3.63, 3.8) is 0 Å². The summed E-state index contributed by atoms with van der Waals surface area (Å²) < 4.78 is 18.8. The molecule has 1 saturated carbocycles. The van der Waals surface area contributed by atoms with Crippen molar-refractivity contribution in [2.24, 2.45) is 17.6 Å². The van der Waals surface area contributed by atoms with Crippen LogP contribution >= 0.6 is 11.6 Å². The van der Waals surface area contributed by atoms with Crippen LogP contribution in [0.15, 0.2) is 18.2 Å². The first-order valence-electron chi connectivity index (χ1n) is 6.92. The number of nitrogens with two attached hydrogens (primary N) is 1. The van der Waals surface area contributed by atoms with Gasteiger partial charge >= 0.3 is 0 Å². The molecule has 0 aromatic heterocycles. The van der Waals surface area contributed by atoms with E-state index in [2.05, 4.69) is 0 Å². The Morgan fingerprint density at radius 1 is 1.26 bits per heavy atom. The molecule has 0 heterocycles. The number of hydrogen-bond donors (Lipinski definition) is 1. The van der Waals surface area contributed by atoms with Gasteiger partial charge in [0.05, 0.1) is 13.2 Å². The SMILES string of the molecule is NCC1CCCCC1COCc1cc(F)ccc1Cl. The van der Waals surface area contributed by atoms with E-state index in [0.717, 1.165) is 6.54 Å². The van der Waals surface area contributed by atoms with Crippen LogP contribution in [0.5, 0.6) is 0 Å². The second-order valence-corrected chi connectivity index (χ2v) is 5.70. The highest BCUT2D eigenvalue weighted by Gasteiger charge is 2.23. The molecule has 19 heavy (non-hydrogen) atoms. The average Bonchev–Trinajstić information content (AvgIpc) is 2.43. The highest BCUT2D eigenvalue weighted by molar-refractivity contribution is 6.31. The fourth-order valence-corrected chi connectivity index (χ4v) is 2.96. The summed E-state index contributed by atoms with van der Waals surface area (Å²) in [4.78, 5) is 0. The van der Waals surface area contributed by atoms with Crippen molar-refractivity contribution >= 4 is 11.6 Å². The van der Waals surface area contributed by atoms with Crippen LogP contribution in [-0.2, 0) is 11.3 Å². The molecule has 2 N–H and O–H groups in total. The van der Waals surface area contributed by atoms with E-state index in [1.54, 1.807) is 6.07 Å². The van der Waals surface area contributed by atoms with E-state index in [0.29, 0.717) is 35.6 Å². The van der Waals surface area contributed by atoms with E-state index < -0.39 is 0 Å². The van der Waals surface area contributed by atoms with Crippen LogP contribution in [0.3, 0.4) is 0 Å². The topological polar surface area (TPSA) is 35.2 Å². The number of ether oxygens (including phenoxy) is 1. The molecule has 0 amide bonds. The smallest absolute Gasteiger partial charge is 0.123 e. The Hall–Kier alpha value is -0.640. The van der Waals surface area contributed by atoms with Gasteiger partial charge in [0.1, 0.15) is 5.82 Å². The highest BCUT2D eigenvalue weighted by Crippen LogP contribution is 2.29. The van der Waals surface area contributed by atoms with Crippen molar-refractivity contribution in [1.29, 1.82) is 0 Å². The van der Waals surface area contributed by atoms with E-state index in [4.69, 9.17) is 22.1 Å². The molecule has 2 atom stereocenters. The van der Waals surface area contributed by atoms with Gasteiger partial charge in [0.25, 0.3) is 0 Å². The van der Waals surface area contributed by atoms with Gasteiger partial charge in [0, 0.05) is 5.02 Å². The summed E-state index contributed by atoms with van der Waals surface area (Å²) in [7, 11) is 0. The van der Waals surface area contributed by atoms with Crippen LogP contribution < -0.4 is 5.73 Å². The lowest BCUT2D eigenvalue weighted by molar-refractivity contribution is 0.0511. The van der Waals surface area contributed by atoms with Gasteiger partial charge < -0.3 is 10.5 Å². The number of benzene rings is 1.